The zero-order valence-electron chi connectivity index (χ0n) is 9.38. The molecule has 4 N–H and O–H groups in total. The summed E-state index contributed by atoms with van der Waals surface area (Å²) in [7, 11) is 0. The molecule has 0 fully saturated rings. The van der Waals surface area contributed by atoms with Crippen LogP contribution in [0.3, 0.4) is 0 Å². The molecule has 5 heteroatoms. The summed E-state index contributed by atoms with van der Waals surface area (Å²) in [5.74, 6) is -1.27. The fraction of sp³-hybridized carbons (Fsp3) is 0.167. The third-order valence-corrected chi connectivity index (χ3v) is 2.01. The number of rotatable bonds is 4. The molecule has 0 radical (unpaired) electrons. The molecule has 0 saturated heterocycles. The van der Waals surface area contributed by atoms with Crippen molar-refractivity contribution in [3.8, 4) is 0 Å². The molecular formula is C12H14N2O3. The van der Waals surface area contributed by atoms with Gasteiger partial charge in [-0.15, -0.1) is 0 Å². The molecular weight excluding hydrogens is 220 g/mol. The molecule has 0 aromatic heterocycles. The molecule has 1 amide bonds. The average molecular weight is 234 g/mol. The van der Waals surface area contributed by atoms with Gasteiger partial charge >= 0.3 is 5.97 Å². The van der Waals surface area contributed by atoms with E-state index in [2.05, 4.69) is 5.32 Å². The molecule has 0 unspecified atom stereocenters. The standard InChI is InChI=1S/C12H14N2O3/c1-8(13)12(17)14-10-5-2-9(3-6-10)4-7-11(15)16/h2-8H,13H2,1H3,(H,14,17)(H,15,16)/b7-4+/t8-/m0/s1. The van der Waals surface area contributed by atoms with Crippen LogP contribution in [0.15, 0.2) is 30.3 Å². The third-order valence-electron chi connectivity index (χ3n) is 2.01. The minimum absolute atomic E-state index is 0.265. The van der Waals surface area contributed by atoms with Gasteiger partial charge in [-0.2, -0.15) is 0 Å². The Bertz CT molecular complexity index is 436. The quantitative estimate of drug-likeness (QED) is 0.679. The van der Waals surface area contributed by atoms with E-state index in [0.717, 1.165) is 11.6 Å². The third kappa shape index (κ3) is 4.48. The van der Waals surface area contributed by atoms with Gasteiger partial charge in [0.15, 0.2) is 0 Å². The summed E-state index contributed by atoms with van der Waals surface area (Å²) >= 11 is 0. The Balaban J connectivity index is 2.68. The maximum absolute atomic E-state index is 11.3. The van der Waals surface area contributed by atoms with Crippen molar-refractivity contribution >= 4 is 23.6 Å². The van der Waals surface area contributed by atoms with E-state index in [1.165, 1.54) is 6.08 Å². The van der Waals surface area contributed by atoms with Crippen LogP contribution in [0.25, 0.3) is 6.08 Å². The Labute approximate surface area is 98.9 Å². The number of anilines is 1. The summed E-state index contributed by atoms with van der Waals surface area (Å²) in [6.07, 6.45) is 2.52. The number of nitrogens with one attached hydrogen (secondary N) is 1. The predicted molar refractivity (Wildman–Crippen MR) is 65.4 cm³/mol. The van der Waals surface area contributed by atoms with Crippen molar-refractivity contribution in [3.63, 3.8) is 0 Å². The lowest BCUT2D eigenvalue weighted by Gasteiger charge is -2.07. The first-order chi connectivity index (χ1) is 7.99. The van der Waals surface area contributed by atoms with Crippen molar-refractivity contribution < 1.29 is 14.7 Å². The Morgan fingerprint density at radius 1 is 1.35 bits per heavy atom. The second kappa shape index (κ2) is 5.81. The first kappa shape index (κ1) is 12.9. The van der Waals surface area contributed by atoms with E-state index in [9.17, 15) is 9.59 Å². The number of hydrogen-bond donors (Lipinski definition) is 3. The molecule has 90 valence electrons. The number of amides is 1. The summed E-state index contributed by atoms with van der Waals surface area (Å²) in [6.45, 7) is 1.60. The van der Waals surface area contributed by atoms with Crippen LogP contribution < -0.4 is 11.1 Å². The lowest BCUT2D eigenvalue weighted by molar-refractivity contribution is -0.131. The summed E-state index contributed by atoms with van der Waals surface area (Å²) in [6, 6.07) is 6.21. The normalized spacial score (nSPS) is 12.4. The number of carbonyl (C=O) groups is 2. The number of carboxylic acids is 1. The Kier molecular flexibility index (Phi) is 4.42. The molecule has 1 aromatic carbocycles. The SMILES string of the molecule is C[C@H](N)C(=O)Nc1ccc(/C=C/C(=O)O)cc1. The van der Waals surface area contributed by atoms with E-state index < -0.39 is 12.0 Å². The molecule has 0 bridgehead atoms. The van der Waals surface area contributed by atoms with E-state index in [0.29, 0.717) is 5.69 Å². The molecule has 0 aliphatic heterocycles. The largest absolute Gasteiger partial charge is 0.478 e. The van der Waals surface area contributed by atoms with Crippen LogP contribution in [0.2, 0.25) is 0 Å². The summed E-state index contributed by atoms with van der Waals surface area (Å²) in [5.41, 5.74) is 6.77. The number of carbonyl (C=O) groups excluding carboxylic acids is 1. The minimum Gasteiger partial charge on any atom is -0.478 e. The first-order valence-electron chi connectivity index (χ1n) is 5.06. The fourth-order valence-electron chi connectivity index (χ4n) is 1.10. The second-order valence-corrected chi connectivity index (χ2v) is 3.57. The van der Waals surface area contributed by atoms with Crippen molar-refractivity contribution in [2.45, 2.75) is 13.0 Å². The maximum Gasteiger partial charge on any atom is 0.328 e. The Hall–Kier alpha value is -2.14. The van der Waals surface area contributed by atoms with E-state index in [1.807, 2.05) is 0 Å². The van der Waals surface area contributed by atoms with Crippen molar-refractivity contribution in [3.05, 3.63) is 35.9 Å². The first-order valence-corrected chi connectivity index (χ1v) is 5.06. The molecule has 5 nitrogen and oxygen atoms in total. The van der Waals surface area contributed by atoms with Crippen LogP contribution in [-0.2, 0) is 9.59 Å². The predicted octanol–water partition coefficient (Wildman–Crippen LogP) is 1.07. The van der Waals surface area contributed by atoms with Crippen molar-refractivity contribution in [1.82, 2.24) is 0 Å². The highest BCUT2D eigenvalue weighted by Gasteiger charge is 2.06. The molecule has 0 aliphatic rings. The van der Waals surface area contributed by atoms with Crippen molar-refractivity contribution in [2.75, 3.05) is 5.32 Å². The number of hydrogen-bond acceptors (Lipinski definition) is 3. The van der Waals surface area contributed by atoms with Gasteiger partial charge in [0.05, 0.1) is 6.04 Å². The van der Waals surface area contributed by atoms with E-state index in [-0.39, 0.29) is 5.91 Å². The highest BCUT2D eigenvalue weighted by atomic mass is 16.4. The molecule has 1 aromatic rings. The number of aliphatic carboxylic acids is 1. The monoisotopic (exact) mass is 234 g/mol. The fourth-order valence-corrected chi connectivity index (χ4v) is 1.10. The summed E-state index contributed by atoms with van der Waals surface area (Å²) in [5, 5.41) is 11.1. The van der Waals surface area contributed by atoms with Gasteiger partial charge in [-0.05, 0) is 30.7 Å². The highest BCUT2D eigenvalue weighted by Crippen LogP contribution is 2.10. The number of nitrogens with two attached hydrogens (primary N) is 1. The molecule has 0 spiro atoms. The van der Waals surface area contributed by atoms with E-state index >= 15 is 0 Å². The Morgan fingerprint density at radius 2 is 1.94 bits per heavy atom. The lowest BCUT2D eigenvalue weighted by Crippen LogP contribution is -2.32. The van der Waals surface area contributed by atoms with Gasteiger partial charge in [-0.3, -0.25) is 4.79 Å². The highest BCUT2D eigenvalue weighted by molar-refractivity contribution is 5.94. The van der Waals surface area contributed by atoms with Crippen LogP contribution in [-0.4, -0.2) is 23.0 Å². The summed E-state index contributed by atoms with van der Waals surface area (Å²) < 4.78 is 0. The molecule has 0 aliphatic carbocycles. The van der Waals surface area contributed by atoms with E-state index in [4.69, 9.17) is 10.8 Å². The van der Waals surface area contributed by atoms with Crippen LogP contribution >= 0.6 is 0 Å². The van der Waals surface area contributed by atoms with Gasteiger partial charge in [0.1, 0.15) is 0 Å². The van der Waals surface area contributed by atoms with Crippen LogP contribution in [0.1, 0.15) is 12.5 Å². The topological polar surface area (TPSA) is 92.4 Å². The zero-order chi connectivity index (χ0) is 12.8. The van der Waals surface area contributed by atoms with Gasteiger partial charge < -0.3 is 16.2 Å². The molecule has 0 saturated carbocycles. The maximum atomic E-state index is 11.3. The zero-order valence-corrected chi connectivity index (χ0v) is 9.38. The van der Waals surface area contributed by atoms with Gasteiger partial charge in [0, 0.05) is 11.8 Å². The summed E-state index contributed by atoms with van der Waals surface area (Å²) in [4.78, 5) is 21.6. The number of carboxylic acid groups (broad SMARTS) is 1. The molecule has 17 heavy (non-hydrogen) atoms. The van der Waals surface area contributed by atoms with Gasteiger partial charge in [0.2, 0.25) is 5.91 Å². The lowest BCUT2D eigenvalue weighted by atomic mass is 10.2. The second-order valence-electron chi connectivity index (χ2n) is 3.57. The van der Waals surface area contributed by atoms with Crippen molar-refractivity contribution in [1.29, 1.82) is 0 Å². The molecule has 1 atom stereocenters. The number of benzene rings is 1. The van der Waals surface area contributed by atoms with Gasteiger partial charge in [0.25, 0.3) is 0 Å². The molecule has 0 heterocycles. The Morgan fingerprint density at radius 3 is 2.41 bits per heavy atom. The van der Waals surface area contributed by atoms with E-state index in [1.54, 1.807) is 31.2 Å². The van der Waals surface area contributed by atoms with Gasteiger partial charge in [-0.25, -0.2) is 4.79 Å². The smallest absolute Gasteiger partial charge is 0.328 e. The van der Waals surface area contributed by atoms with Crippen molar-refractivity contribution in [2.24, 2.45) is 5.73 Å². The van der Waals surface area contributed by atoms with Gasteiger partial charge in [-0.1, -0.05) is 12.1 Å². The van der Waals surface area contributed by atoms with Crippen LogP contribution in [0.4, 0.5) is 5.69 Å². The van der Waals surface area contributed by atoms with Crippen LogP contribution in [0.5, 0.6) is 0 Å². The van der Waals surface area contributed by atoms with Crippen LogP contribution in [0, 0.1) is 0 Å². The minimum atomic E-state index is -1.00. The average Bonchev–Trinajstić information content (AvgIpc) is 2.28. The molecule has 1 rings (SSSR count).